The fraction of sp³-hybridized carbons (Fsp3) is 0.545. The monoisotopic (exact) mass is 250 g/mol. The van der Waals surface area contributed by atoms with E-state index in [9.17, 15) is 4.79 Å². The fourth-order valence-electron chi connectivity index (χ4n) is 1.85. The zero-order valence-corrected chi connectivity index (χ0v) is 10.2. The van der Waals surface area contributed by atoms with Crippen molar-refractivity contribution >= 4 is 18.2 Å². The molecule has 7 heteroatoms. The summed E-state index contributed by atoms with van der Waals surface area (Å²) in [6.07, 6.45) is 2.62. The zero-order chi connectivity index (χ0) is 12.8. The van der Waals surface area contributed by atoms with Gasteiger partial charge in [-0.1, -0.05) is 0 Å². The van der Waals surface area contributed by atoms with Crippen molar-refractivity contribution in [2.75, 3.05) is 49.5 Å². The van der Waals surface area contributed by atoms with Gasteiger partial charge >= 0.3 is 0 Å². The molecule has 1 saturated heterocycles. The summed E-state index contributed by atoms with van der Waals surface area (Å²) >= 11 is 0. The average Bonchev–Trinajstić information content (AvgIpc) is 2.45. The Morgan fingerprint density at radius 1 is 1.39 bits per heavy atom. The molecular formula is C11H18N6O. The Bertz CT molecular complexity index is 391. The highest BCUT2D eigenvalue weighted by atomic mass is 16.1. The van der Waals surface area contributed by atoms with E-state index in [-0.39, 0.29) is 0 Å². The number of hydrogen-bond acceptors (Lipinski definition) is 6. The molecule has 1 aliphatic heterocycles. The molecule has 18 heavy (non-hydrogen) atoms. The normalized spacial score (nSPS) is 15.6. The number of aromatic nitrogens is 2. The maximum absolute atomic E-state index is 10.6. The topological polar surface area (TPSA) is 87.4 Å². The first kappa shape index (κ1) is 12.6. The van der Waals surface area contributed by atoms with Crippen molar-refractivity contribution in [1.82, 2.24) is 14.9 Å². The molecule has 98 valence electrons. The summed E-state index contributed by atoms with van der Waals surface area (Å²) in [6, 6.07) is 1.88. The molecule has 2 heterocycles. The number of carbonyl (C=O) groups is 1. The highest BCUT2D eigenvalue weighted by molar-refractivity contribution is 5.49. The highest BCUT2D eigenvalue weighted by Gasteiger charge is 2.16. The molecule has 0 atom stereocenters. The number of nitrogens with one attached hydrogen (secondary N) is 1. The third-order valence-corrected chi connectivity index (χ3v) is 2.86. The first-order valence-corrected chi connectivity index (χ1v) is 6.05. The van der Waals surface area contributed by atoms with Gasteiger partial charge in [-0.2, -0.15) is 4.98 Å². The molecule has 2 rings (SSSR count). The van der Waals surface area contributed by atoms with Crippen LogP contribution in [0.4, 0.5) is 11.8 Å². The van der Waals surface area contributed by atoms with Crippen molar-refractivity contribution in [3.63, 3.8) is 0 Å². The van der Waals surface area contributed by atoms with Crippen LogP contribution >= 0.6 is 0 Å². The Morgan fingerprint density at radius 3 is 2.83 bits per heavy atom. The third-order valence-electron chi connectivity index (χ3n) is 2.86. The minimum absolute atomic E-state index is 0.547. The molecule has 1 aromatic heterocycles. The van der Waals surface area contributed by atoms with Gasteiger partial charge < -0.3 is 20.9 Å². The molecule has 1 amide bonds. The average molecular weight is 250 g/mol. The van der Waals surface area contributed by atoms with Gasteiger partial charge in [0.1, 0.15) is 5.82 Å². The van der Waals surface area contributed by atoms with Crippen LogP contribution in [0.3, 0.4) is 0 Å². The Labute approximate surface area is 106 Å². The molecule has 1 aliphatic rings. The Kier molecular flexibility index (Phi) is 4.30. The van der Waals surface area contributed by atoms with Gasteiger partial charge in [0.15, 0.2) is 0 Å². The van der Waals surface area contributed by atoms with E-state index in [2.05, 4.69) is 20.2 Å². The summed E-state index contributed by atoms with van der Waals surface area (Å²) in [7, 11) is 0. The van der Waals surface area contributed by atoms with Gasteiger partial charge in [-0.3, -0.25) is 4.79 Å². The highest BCUT2D eigenvalue weighted by Crippen LogP contribution is 2.13. The van der Waals surface area contributed by atoms with Gasteiger partial charge in [-0.25, -0.2) is 4.98 Å². The molecule has 7 nitrogen and oxygen atoms in total. The Balaban J connectivity index is 1.98. The fourth-order valence-corrected chi connectivity index (χ4v) is 1.85. The number of hydrogen-bond donors (Lipinski definition) is 2. The molecule has 0 bridgehead atoms. The van der Waals surface area contributed by atoms with E-state index in [0.29, 0.717) is 19.0 Å². The van der Waals surface area contributed by atoms with Crippen LogP contribution in [0.15, 0.2) is 12.3 Å². The van der Waals surface area contributed by atoms with E-state index in [0.717, 1.165) is 38.4 Å². The van der Waals surface area contributed by atoms with Crippen molar-refractivity contribution in [3.05, 3.63) is 12.3 Å². The van der Waals surface area contributed by atoms with Crippen LogP contribution < -0.4 is 16.0 Å². The van der Waals surface area contributed by atoms with Gasteiger partial charge in [-0.15, -0.1) is 0 Å². The quantitative estimate of drug-likeness (QED) is 0.660. The number of carbonyl (C=O) groups excluding carboxylic acids is 1. The largest absolute Gasteiger partial charge is 0.353 e. The first-order valence-electron chi connectivity index (χ1n) is 6.05. The SMILES string of the molecule is NCCNc1nccc(N2CCN(C=O)CC2)n1. The minimum Gasteiger partial charge on any atom is -0.353 e. The summed E-state index contributed by atoms with van der Waals surface area (Å²) < 4.78 is 0. The van der Waals surface area contributed by atoms with Crippen molar-refractivity contribution < 1.29 is 4.79 Å². The van der Waals surface area contributed by atoms with Crippen LogP contribution in [0.1, 0.15) is 0 Å². The molecule has 1 aromatic rings. The Hall–Kier alpha value is -1.89. The smallest absolute Gasteiger partial charge is 0.224 e. The molecule has 1 fully saturated rings. The predicted octanol–water partition coefficient (Wildman–Crippen LogP) is -0.874. The van der Waals surface area contributed by atoms with Gasteiger partial charge in [-0.05, 0) is 6.07 Å². The molecule has 3 N–H and O–H groups in total. The van der Waals surface area contributed by atoms with Crippen LogP contribution in [0.5, 0.6) is 0 Å². The summed E-state index contributed by atoms with van der Waals surface area (Å²) in [6.45, 7) is 4.27. The van der Waals surface area contributed by atoms with Gasteiger partial charge in [0.2, 0.25) is 12.4 Å². The summed E-state index contributed by atoms with van der Waals surface area (Å²) in [5.74, 6) is 1.48. The lowest BCUT2D eigenvalue weighted by Gasteiger charge is -2.33. The standard InChI is InChI=1S/C11H18N6O/c12-2-4-14-11-13-3-1-10(15-11)17-7-5-16(9-18)6-8-17/h1,3,9H,2,4-8,12H2,(H,13,14,15). The van der Waals surface area contributed by atoms with Gasteiger partial charge in [0, 0.05) is 45.5 Å². The van der Waals surface area contributed by atoms with Crippen LogP contribution in [-0.2, 0) is 4.79 Å². The second-order valence-electron chi connectivity index (χ2n) is 4.08. The minimum atomic E-state index is 0.547. The molecular weight excluding hydrogens is 232 g/mol. The van der Waals surface area contributed by atoms with Crippen molar-refractivity contribution in [3.8, 4) is 0 Å². The summed E-state index contributed by atoms with van der Waals surface area (Å²) in [4.78, 5) is 23.1. The summed E-state index contributed by atoms with van der Waals surface area (Å²) in [5.41, 5.74) is 5.42. The molecule has 0 spiro atoms. The van der Waals surface area contributed by atoms with E-state index in [1.807, 2.05) is 6.07 Å². The second kappa shape index (κ2) is 6.15. The summed E-state index contributed by atoms with van der Waals surface area (Å²) in [5, 5.41) is 3.05. The van der Waals surface area contributed by atoms with Gasteiger partial charge in [0.25, 0.3) is 0 Å². The van der Waals surface area contributed by atoms with Gasteiger partial charge in [0.05, 0.1) is 0 Å². The zero-order valence-electron chi connectivity index (χ0n) is 10.2. The van der Waals surface area contributed by atoms with E-state index in [1.54, 1.807) is 11.1 Å². The number of nitrogens with zero attached hydrogens (tertiary/aromatic N) is 4. The first-order chi connectivity index (χ1) is 8.83. The molecule has 0 saturated carbocycles. The third kappa shape index (κ3) is 3.07. The van der Waals surface area contributed by atoms with Crippen molar-refractivity contribution in [2.24, 2.45) is 5.73 Å². The Morgan fingerprint density at radius 2 is 2.17 bits per heavy atom. The molecule has 0 radical (unpaired) electrons. The van der Waals surface area contributed by atoms with E-state index < -0.39 is 0 Å². The van der Waals surface area contributed by atoms with Crippen molar-refractivity contribution in [1.29, 1.82) is 0 Å². The molecule has 0 aliphatic carbocycles. The van der Waals surface area contributed by atoms with Crippen LogP contribution in [-0.4, -0.2) is 60.5 Å². The number of rotatable bonds is 5. The molecule has 0 unspecified atom stereocenters. The maximum Gasteiger partial charge on any atom is 0.224 e. The predicted molar refractivity (Wildman–Crippen MR) is 69.4 cm³/mol. The number of amides is 1. The lowest BCUT2D eigenvalue weighted by Crippen LogP contribution is -2.46. The lowest BCUT2D eigenvalue weighted by molar-refractivity contribution is -0.118. The van der Waals surface area contributed by atoms with Crippen LogP contribution in [0, 0.1) is 0 Å². The van der Waals surface area contributed by atoms with E-state index >= 15 is 0 Å². The van der Waals surface area contributed by atoms with Crippen molar-refractivity contribution in [2.45, 2.75) is 0 Å². The van der Waals surface area contributed by atoms with Crippen LogP contribution in [0.25, 0.3) is 0 Å². The second-order valence-corrected chi connectivity index (χ2v) is 4.08. The molecule has 0 aromatic carbocycles. The maximum atomic E-state index is 10.6. The van der Waals surface area contributed by atoms with Crippen LogP contribution in [0.2, 0.25) is 0 Å². The number of nitrogens with two attached hydrogens (primary N) is 1. The van der Waals surface area contributed by atoms with E-state index in [4.69, 9.17) is 5.73 Å². The number of piperazine rings is 1. The lowest BCUT2D eigenvalue weighted by atomic mass is 10.3. The van der Waals surface area contributed by atoms with E-state index in [1.165, 1.54) is 0 Å². The number of anilines is 2.